The van der Waals surface area contributed by atoms with E-state index >= 15 is 0 Å². The molecule has 2 amide bonds. The monoisotopic (exact) mass is 447 g/mol. The van der Waals surface area contributed by atoms with E-state index in [1.165, 1.54) is 35.6 Å². The molecule has 29 heavy (non-hydrogen) atoms. The number of carbonyl (C=O) groups excluding carboxylic acids is 2. The lowest BCUT2D eigenvalue weighted by molar-refractivity contribution is -0.199. The minimum Gasteiger partial charge on any atom is -0.332 e. The number of hydrogen-bond donors (Lipinski definition) is 2. The van der Waals surface area contributed by atoms with Crippen LogP contribution >= 0.6 is 22.9 Å². The predicted molar refractivity (Wildman–Crippen MR) is 103 cm³/mol. The van der Waals surface area contributed by atoms with Crippen LogP contribution in [0.2, 0.25) is 4.34 Å². The molecule has 156 valence electrons. The van der Waals surface area contributed by atoms with E-state index in [4.69, 9.17) is 11.6 Å². The smallest absolute Gasteiger partial charge is 0.332 e. The molecule has 0 aliphatic carbocycles. The Hall–Kier alpha value is -2.30. The normalized spacial score (nSPS) is 19.4. The number of alkyl halides is 3. The van der Waals surface area contributed by atoms with Crippen LogP contribution in [0.5, 0.6) is 0 Å². The lowest BCUT2D eigenvalue weighted by atomic mass is 9.92. The average molecular weight is 448 g/mol. The maximum absolute atomic E-state index is 12.8. The number of amides is 2. The van der Waals surface area contributed by atoms with Gasteiger partial charge in [0.2, 0.25) is 0 Å². The van der Waals surface area contributed by atoms with Crippen molar-refractivity contribution in [3.63, 3.8) is 0 Å². The van der Waals surface area contributed by atoms with Gasteiger partial charge in [0, 0.05) is 23.4 Å². The molecule has 1 aromatic heterocycles. The Morgan fingerprint density at radius 3 is 2.55 bits per heavy atom. The van der Waals surface area contributed by atoms with Crippen LogP contribution in [-0.4, -0.2) is 37.3 Å². The third-order valence-electron chi connectivity index (χ3n) is 4.33. The van der Waals surface area contributed by atoms with Gasteiger partial charge in [0.05, 0.1) is 10.0 Å². The Balaban J connectivity index is 1.80. The maximum Gasteiger partial charge on any atom is 0.493 e. The standard InChI is InChI=1S/C18H17ClF3N3O3S/c19-15-7-6-14(29-15)12-10-23-9-8-13(12)24-17(27)25(11-4-2-1-3-5-11)28-16(26)18(20,21)22/h1-7,12-13,23H,8-10H2,(H,24,27). The van der Waals surface area contributed by atoms with Gasteiger partial charge in [-0.05, 0) is 37.2 Å². The topological polar surface area (TPSA) is 70.7 Å². The zero-order valence-electron chi connectivity index (χ0n) is 14.9. The molecule has 0 spiro atoms. The molecule has 2 unspecified atom stereocenters. The molecular formula is C18H17ClF3N3O3S. The van der Waals surface area contributed by atoms with Crippen molar-refractivity contribution in [3.8, 4) is 0 Å². The summed E-state index contributed by atoms with van der Waals surface area (Å²) < 4.78 is 38.6. The maximum atomic E-state index is 12.8. The zero-order chi connectivity index (χ0) is 21.0. The third-order valence-corrected chi connectivity index (χ3v) is 5.69. The molecule has 1 aromatic carbocycles. The molecular weight excluding hydrogens is 431 g/mol. The first kappa shape index (κ1) is 21.4. The summed E-state index contributed by atoms with van der Waals surface area (Å²) in [6, 6.07) is 9.62. The van der Waals surface area contributed by atoms with Gasteiger partial charge >= 0.3 is 18.2 Å². The summed E-state index contributed by atoms with van der Waals surface area (Å²) in [5.74, 6) is -2.61. The van der Waals surface area contributed by atoms with Crippen molar-refractivity contribution in [3.05, 3.63) is 51.7 Å². The number of urea groups is 1. The van der Waals surface area contributed by atoms with Crippen LogP contribution in [0.1, 0.15) is 17.2 Å². The van der Waals surface area contributed by atoms with E-state index in [-0.39, 0.29) is 17.6 Å². The molecule has 2 heterocycles. The van der Waals surface area contributed by atoms with E-state index < -0.39 is 18.2 Å². The van der Waals surface area contributed by atoms with E-state index in [0.29, 0.717) is 28.9 Å². The Bertz CT molecular complexity index is 863. The number of anilines is 1. The van der Waals surface area contributed by atoms with E-state index in [2.05, 4.69) is 15.5 Å². The molecule has 1 aliphatic heterocycles. The van der Waals surface area contributed by atoms with Gasteiger partial charge in [-0.15, -0.1) is 16.4 Å². The third kappa shape index (κ3) is 5.40. The Morgan fingerprint density at radius 1 is 1.21 bits per heavy atom. The fourth-order valence-corrected chi connectivity index (χ4v) is 4.21. The number of nitrogens with one attached hydrogen (secondary N) is 2. The van der Waals surface area contributed by atoms with Gasteiger partial charge in [0.15, 0.2) is 0 Å². The number of para-hydroxylation sites is 1. The van der Waals surface area contributed by atoms with Gasteiger partial charge in [-0.2, -0.15) is 13.2 Å². The van der Waals surface area contributed by atoms with Gasteiger partial charge in [-0.3, -0.25) is 0 Å². The highest BCUT2D eigenvalue weighted by Crippen LogP contribution is 2.32. The molecule has 0 radical (unpaired) electrons. The molecule has 0 saturated carbocycles. The molecule has 2 atom stereocenters. The summed E-state index contributed by atoms with van der Waals surface area (Å²) in [6.07, 6.45) is -4.69. The van der Waals surface area contributed by atoms with Crippen LogP contribution < -0.4 is 15.7 Å². The van der Waals surface area contributed by atoms with E-state index in [1.54, 1.807) is 12.1 Å². The molecule has 11 heteroatoms. The summed E-state index contributed by atoms with van der Waals surface area (Å²) in [6.45, 7) is 1.18. The van der Waals surface area contributed by atoms with Crippen molar-refractivity contribution in [2.24, 2.45) is 0 Å². The average Bonchev–Trinajstić information content (AvgIpc) is 3.12. The molecule has 0 bridgehead atoms. The molecule has 1 saturated heterocycles. The first-order valence-corrected chi connectivity index (χ1v) is 9.86. The van der Waals surface area contributed by atoms with Crippen LogP contribution in [0.15, 0.2) is 42.5 Å². The second kappa shape index (κ2) is 9.02. The highest BCUT2D eigenvalue weighted by molar-refractivity contribution is 7.16. The first-order valence-electron chi connectivity index (χ1n) is 8.66. The molecule has 1 aliphatic rings. The summed E-state index contributed by atoms with van der Waals surface area (Å²) in [7, 11) is 0. The highest BCUT2D eigenvalue weighted by atomic mass is 35.5. The highest BCUT2D eigenvalue weighted by Gasteiger charge is 2.44. The largest absolute Gasteiger partial charge is 0.493 e. The molecule has 1 fully saturated rings. The molecule has 6 nitrogen and oxygen atoms in total. The predicted octanol–water partition coefficient (Wildman–Crippen LogP) is 4.08. The van der Waals surface area contributed by atoms with Crippen molar-refractivity contribution in [1.82, 2.24) is 10.6 Å². The fourth-order valence-electron chi connectivity index (χ4n) is 2.98. The van der Waals surface area contributed by atoms with Crippen LogP contribution in [0, 0.1) is 0 Å². The van der Waals surface area contributed by atoms with Crippen LogP contribution in [0.4, 0.5) is 23.7 Å². The number of benzene rings is 1. The number of nitrogens with zero attached hydrogens (tertiary/aromatic N) is 1. The second-order valence-corrected chi connectivity index (χ2v) is 8.05. The quantitative estimate of drug-likeness (QED) is 0.695. The first-order chi connectivity index (χ1) is 13.8. The van der Waals surface area contributed by atoms with Crippen molar-refractivity contribution in [2.75, 3.05) is 18.2 Å². The van der Waals surface area contributed by atoms with Crippen molar-refractivity contribution < 1.29 is 27.6 Å². The van der Waals surface area contributed by atoms with Crippen LogP contribution in [-0.2, 0) is 9.63 Å². The van der Waals surface area contributed by atoms with E-state index in [0.717, 1.165) is 4.88 Å². The second-order valence-electron chi connectivity index (χ2n) is 6.30. The number of thiophene rings is 1. The van der Waals surface area contributed by atoms with Crippen LogP contribution in [0.3, 0.4) is 0 Å². The Morgan fingerprint density at radius 2 is 1.93 bits per heavy atom. The number of piperidine rings is 1. The summed E-state index contributed by atoms with van der Waals surface area (Å²) in [4.78, 5) is 29.4. The van der Waals surface area contributed by atoms with Crippen molar-refractivity contribution in [1.29, 1.82) is 0 Å². The molecule has 2 aromatic rings. The van der Waals surface area contributed by atoms with Gasteiger partial charge < -0.3 is 15.5 Å². The number of hydrogen-bond acceptors (Lipinski definition) is 5. The molecule has 3 rings (SSSR count). The van der Waals surface area contributed by atoms with Crippen molar-refractivity contribution in [2.45, 2.75) is 24.6 Å². The number of rotatable bonds is 3. The van der Waals surface area contributed by atoms with Crippen molar-refractivity contribution >= 4 is 40.6 Å². The summed E-state index contributed by atoms with van der Waals surface area (Å²) in [5, 5.41) is 6.25. The van der Waals surface area contributed by atoms with Gasteiger partial charge in [-0.1, -0.05) is 29.8 Å². The summed E-state index contributed by atoms with van der Waals surface area (Å²) >= 11 is 7.37. The fraction of sp³-hybridized carbons (Fsp3) is 0.333. The van der Waals surface area contributed by atoms with Crippen LogP contribution in [0.25, 0.3) is 0 Å². The van der Waals surface area contributed by atoms with Gasteiger partial charge in [0.1, 0.15) is 0 Å². The summed E-state index contributed by atoms with van der Waals surface area (Å²) in [5.41, 5.74) is -0.00717. The lowest BCUT2D eigenvalue weighted by Crippen LogP contribution is -2.53. The Kier molecular flexibility index (Phi) is 6.66. The van der Waals surface area contributed by atoms with Gasteiger partial charge in [0.25, 0.3) is 0 Å². The zero-order valence-corrected chi connectivity index (χ0v) is 16.5. The number of hydroxylamine groups is 1. The molecule has 2 N–H and O–H groups in total. The van der Waals surface area contributed by atoms with E-state index in [9.17, 15) is 22.8 Å². The minimum absolute atomic E-state index is 0.00717. The number of carbonyl (C=O) groups is 2. The lowest BCUT2D eigenvalue weighted by Gasteiger charge is -2.33. The Labute approximate surface area is 173 Å². The van der Waals surface area contributed by atoms with E-state index in [1.807, 2.05) is 6.07 Å². The SMILES string of the molecule is O=C(NC1CCNCC1c1ccc(Cl)s1)N(OC(=O)C(F)(F)F)c1ccccc1. The van der Waals surface area contributed by atoms with Gasteiger partial charge in [-0.25, -0.2) is 9.59 Å². The minimum atomic E-state index is -5.24. The number of halogens is 4.